The number of carboxylic acid groups (broad SMARTS) is 1. The molecule has 0 radical (unpaired) electrons. The fourth-order valence-corrected chi connectivity index (χ4v) is 1.74. The van der Waals surface area contributed by atoms with Crippen LogP contribution in [-0.2, 0) is 22.6 Å². The van der Waals surface area contributed by atoms with Crippen LogP contribution in [0.1, 0.15) is 24.0 Å². The Morgan fingerprint density at radius 1 is 1.44 bits per heavy atom. The molecule has 1 aliphatic rings. The maximum Gasteiger partial charge on any atom is 0.303 e. The molecule has 16 heavy (non-hydrogen) atoms. The van der Waals surface area contributed by atoms with E-state index in [1.807, 2.05) is 18.2 Å². The van der Waals surface area contributed by atoms with Gasteiger partial charge in [-0.2, -0.15) is 0 Å². The number of aryl methyl sites for hydroxylation is 1. The third-order valence-corrected chi connectivity index (χ3v) is 2.54. The van der Waals surface area contributed by atoms with Gasteiger partial charge in [-0.15, -0.1) is 0 Å². The zero-order valence-electron chi connectivity index (χ0n) is 8.94. The second kappa shape index (κ2) is 4.99. The van der Waals surface area contributed by atoms with Crippen molar-refractivity contribution in [3.8, 4) is 5.75 Å². The summed E-state index contributed by atoms with van der Waals surface area (Å²) in [4.78, 5) is 10.4. The van der Waals surface area contributed by atoms with E-state index in [-0.39, 0.29) is 6.42 Å². The molecule has 4 heteroatoms. The van der Waals surface area contributed by atoms with Crippen LogP contribution in [-0.4, -0.2) is 17.9 Å². The standard InChI is InChI=1S/C12H14O4/c13-12(14)3-1-2-9-4-5-11-10(6-9)7-15-8-16-11/h4-6H,1-3,7-8H2,(H,13,14). The lowest BCUT2D eigenvalue weighted by molar-refractivity contribution is -0.137. The van der Waals surface area contributed by atoms with E-state index in [2.05, 4.69) is 0 Å². The normalized spacial score (nSPS) is 14.0. The molecular weight excluding hydrogens is 208 g/mol. The maximum absolute atomic E-state index is 10.4. The molecule has 1 aliphatic heterocycles. The summed E-state index contributed by atoms with van der Waals surface area (Å²) in [6.07, 6.45) is 1.65. The Hall–Kier alpha value is -1.55. The van der Waals surface area contributed by atoms with Gasteiger partial charge in [-0.3, -0.25) is 4.79 Å². The summed E-state index contributed by atoms with van der Waals surface area (Å²) in [6, 6.07) is 5.93. The van der Waals surface area contributed by atoms with Crippen LogP contribution in [0.15, 0.2) is 18.2 Å². The highest BCUT2D eigenvalue weighted by Crippen LogP contribution is 2.24. The van der Waals surface area contributed by atoms with E-state index in [0.29, 0.717) is 19.8 Å². The Balaban J connectivity index is 1.97. The van der Waals surface area contributed by atoms with Crippen LogP contribution in [0.5, 0.6) is 5.75 Å². The van der Waals surface area contributed by atoms with Gasteiger partial charge in [-0.05, 0) is 30.5 Å². The minimum Gasteiger partial charge on any atom is -0.481 e. The summed E-state index contributed by atoms with van der Waals surface area (Å²) in [5.41, 5.74) is 2.17. The largest absolute Gasteiger partial charge is 0.481 e. The first-order valence-corrected chi connectivity index (χ1v) is 5.30. The summed E-state index contributed by atoms with van der Waals surface area (Å²) in [7, 11) is 0. The molecule has 1 heterocycles. The number of fused-ring (bicyclic) bond motifs is 1. The first-order chi connectivity index (χ1) is 7.75. The van der Waals surface area contributed by atoms with Gasteiger partial charge in [0.1, 0.15) is 5.75 Å². The van der Waals surface area contributed by atoms with Crippen LogP contribution in [0, 0.1) is 0 Å². The second-order valence-electron chi connectivity index (χ2n) is 3.80. The lowest BCUT2D eigenvalue weighted by Gasteiger charge is -2.18. The minimum absolute atomic E-state index is 0.212. The Labute approximate surface area is 93.8 Å². The van der Waals surface area contributed by atoms with Crippen molar-refractivity contribution in [2.24, 2.45) is 0 Å². The van der Waals surface area contributed by atoms with Crippen molar-refractivity contribution < 1.29 is 19.4 Å². The molecule has 86 valence electrons. The number of hydrogen-bond acceptors (Lipinski definition) is 3. The van der Waals surface area contributed by atoms with Crippen molar-refractivity contribution >= 4 is 5.97 Å². The number of rotatable bonds is 4. The van der Waals surface area contributed by atoms with Crippen LogP contribution in [0.2, 0.25) is 0 Å². The van der Waals surface area contributed by atoms with Crippen LogP contribution in [0.3, 0.4) is 0 Å². The van der Waals surface area contributed by atoms with E-state index in [1.165, 1.54) is 0 Å². The average Bonchev–Trinajstić information content (AvgIpc) is 2.28. The number of ether oxygens (including phenoxy) is 2. The highest BCUT2D eigenvalue weighted by molar-refractivity contribution is 5.66. The first-order valence-electron chi connectivity index (χ1n) is 5.30. The Morgan fingerprint density at radius 3 is 3.12 bits per heavy atom. The van der Waals surface area contributed by atoms with Gasteiger partial charge < -0.3 is 14.6 Å². The first kappa shape index (κ1) is 11.0. The molecule has 0 saturated carbocycles. The fraction of sp³-hybridized carbons (Fsp3) is 0.417. The Bertz CT molecular complexity index is 387. The molecule has 1 aromatic carbocycles. The van der Waals surface area contributed by atoms with Crippen molar-refractivity contribution in [1.29, 1.82) is 0 Å². The molecule has 0 aliphatic carbocycles. The quantitative estimate of drug-likeness (QED) is 0.846. The minimum atomic E-state index is -0.746. The lowest BCUT2D eigenvalue weighted by atomic mass is 10.0. The van der Waals surface area contributed by atoms with Gasteiger partial charge in [0.2, 0.25) is 0 Å². The van der Waals surface area contributed by atoms with Crippen molar-refractivity contribution in [3.63, 3.8) is 0 Å². The predicted octanol–water partition coefficient (Wildman–Crippen LogP) is 1.96. The number of hydrogen-bond donors (Lipinski definition) is 1. The molecule has 0 fully saturated rings. The highest BCUT2D eigenvalue weighted by Gasteiger charge is 2.10. The molecule has 0 amide bonds. The highest BCUT2D eigenvalue weighted by atomic mass is 16.7. The molecule has 1 N–H and O–H groups in total. The zero-order valence-corrected chi connectivity index (χ0v) is 8.94. The monoisotopic (exact) mass is 222 g/mol. The summed E-state index contributed by atoms with van der Waals surface area (Å²) >= 11 is 0. The maximum atomic E-state index is 10.4. The number of carbonyl (C=O) groups is 1. The third-order valence-electron chi connectivity index (χ3n) is 2.54. The van der Waals surface area contributed by atoms with Crippen LogP contribution < -0.4 is 4.74 Å². The molecule has 0 aromatic heterocycles. The summed E-state index contributed by atoms with van der Waals surface area (Å²) in [6.45, 7) is 0.882. The van der Waals surface area contributed by atoms with Gasteiger partial charge in [-0.25, -0.2) is 0 Å². The molecule has 0 bridgehead atoms. The summed E-state index contributed by atoms with van der Waals surface area (Å²) in [5.74, 6) is 0.123. The van der Waals surface area contributed by atoms with E-state index < -0.39 is 5.97 Å². The number of carboxylic acids is 1. The van der Waals surface area contributed by atoms with Gasteiger partial charge in [-0.1, -0.05) is 6.07 Å². The van der Waals surface area contributed by atoms with Gasteiger partial charge in [0.15, 0.2) is 6.79 Å². The fourth-order valence-electron chi connectivity index (χ4n) is 1.74. The molecule has 0 unspecified atom stereocenters. The Morgan fingerprint density at radius 2 is 2.31 bits per heavy atom. The van der Waals surface area contributed by atoms with E-state index >= 15 is 0 Å². The topological polar surface area (TPSA) is 55.8 Å². The molecule has 0 atom stereocenters. The van der Waals surface area contributed by atoms with Crippen molar-refractivity contribution in [2.75, 3.05) is 6.79 Å². The predicted molar refractivity (Wildman–Crippen MR) is 57.3 cm³/mol. The smallest absolute Gasteiger partial charge is 0.303 e. The second-order valence-corrected chi connectivity index (χ2v) is 3.80. The van der Waals surface area contributed by atoms with E-state index in [9.17, 15) is 4.79 Å². The molecule has 1 aromatic rings. The van der Waals surface area contributed by atoms with Crippen molar-refractivity contribution in [2.45, 2.75) is 25.9 Å². The third kappa shape index (κ3) is 2.73. The van der Waals surface area contributed by atoms with Gasteiger partial charge in [0.25, 0.3) is 0 Å². The van der Waals surface area contributed by atoms with Crippen LogP contribution >= 0.6 is 0 Å². The van der Waals surface area contributed by atoms with Crippen molar-refractivity contribution in [3.05, 3.63) is 29.3 Å². The molecule has 2 rings (SSSR count). The van der Waals surface area contributed by atoms with Crippen molar-refractivity contribution in [1.82, 2.24) is 0 Å². The zero-order chi connectivity index (χ0) is 11.4. The van der Waals surface area contributed by atoms with Gasteiger partial charge in [0.05, 0.1) is 6.61 Å². The van der Waals surface area contributed by atoms with Gasteiger partial charge >= 0.3 is 5.97 Å². The number of aliphatic carboxylic acids is 1. The van der Waals surface area contributed by atoms with E-state index in [1.54, 1.807) is 0 Å². The number of benzene rings is 1. The molecular formula is C12H14O4. The summed E-state index contributed by atoms with van der Waals surface area (Å²) < 4.78 is 10.5. The molecule has 4 nitrogen and oxygen atoms in total. The molecule has 0 spiro atoms. The molecule has 0 saturated heterocycles. The van der Waals surface area contributed by atoms with Crippen LogP contribution in [0.4, 0.5) is 0 Å². The van der Waals surface area contributed by atoms with E-state index in [4.69, 9.17) is 14.6 Å². The summed E-state index contributed by atoms with van der Waals surface area (Å²) in [5, 5.41) is 8.54. The average molecular weight is 222 g/mol. The Kier molecular flexibility index (Phi) is 3.41. The van der Waals surface area contributed by atoms with Crippen LogP contribution in [0.25, 0.3) is 0 Å². The SMILES string of the molecule is O=C(O)CCCc1ccc2c(c1)COCO2. The van der Waals surface area contributed by atoms with E-state index in [0.717, 1.165) is 23.3 Å². The van der Waals surface area contributed by atoms with Gasteiger partial charge in [0, 0.05) is 12.0 Å². The lowest BCUT2D eigenvalue weighted by Crippen LogP contribution is -2.11.